The van der Waals surface area contributed by atoms with E-state index in [1.807, 2.05) is 0 Å². The minimum Gasteiger partial charge on any atom is -0.330 e. The third-order valence-electron chi connectivity index (χ3n) is 6.00. The quantitative estimate of drug-likeness (QED) is 0.816. The molecule has 2 heteroatoms. The van der Waals surface area contributed by atoms with Crippen molar-refractivity contribution in [1.82, 2.24) is 4.90 Å². The molecule has 1 heterocycles. The number of rotatable bonds is 2. The van der Waals surface area contributed by atoms with Crippen LogP contribution >= 0.6 is 0 Å². The Balaban J connectivity index is 1.71. The Kier molecular flexibility index (Phi) is 3.95. The number of hydrogen-bond acceptors (Lipinski definition) is 2. The average molecular weight is 250 g/mol. The molecule has 0 amide bonds. The summed E-state index contributed by atoms with van der Waals surface area (Å²) in [5.74, 6) is 2.72. The molecule has 2 nitrogen and oxygen atoms in total. The molecule has 0 aromatic rings. The Labute approximate surface area is 112 Å². The summed E-state index contributed by atoms with van der Waals surface area (Å²) in [4.78, 5) is 2.90. The van der Waals surface area contributed by atoms with Crippen LogP contribution in [0.4, 0.5) is 0 Å². The van der Waals surface area contributed by atoms with Crippen LogP contribution in [0.1, 0.15) is 58.3 Å². The molecular weight excluding hydrogens is 220 g/mol. The van der Waals surface area contributed by atoms with E-state index in [0.717, 1.165) is 36.4 Å². The summed E-state index contributed by atoms with van der Waals surface area (Å²) in [5, 5.41) is 0. The highest BCUT2D eigenvalue weighted by Gasteiger charge is 2.42. The summed E-state index contributed by atoms with van der Waals surface area (Å²) >= 11 is 0. The van der Waals surface area contributed by atoms with E-state index in [1.165, 1.54) is 57.9 Å². The molecule has 5 atom stereocenters. The fourth-order valence-electron chi connectivity index (χ4n) is 4.95. The van der Waals surface area contributed by atoms with E-state index < -0.39 is 0 Å². The van der Waals surface area contributed by atoms with Gasteiger partial charge in [-0.05, 0) is 62.9 Å². The molecule has 2 N–H and O–H groups in total. The normalized spacial score (nSPS) is 46.0. The second-order valence-electron chi connectivity index (χ2n) is 7.12. The van der Waals surface area contributed by atoms with Crippen LogP contribution in [0.2, 0.25) is 0 Å². The predicted octanol–water partition coefficient (Wildman–Crippen LogP) is 3.01. The van der Waals surface area contributed by atoms with Gasteiger partial charge in [0.1, 0.15) is 0 Å². The highest BCUT2D eigenvalue weighted by Crippen LogP contribution is 2.41. The third kappa shape index (κ3) is 2.34. The van der Waals surface area contributed by atoms with E-state index in [1.54, 1.807) is 0 Å². The minimum absolute atomic E-state index is 0.780. The van der Waals surface area contributed by atoms with Crippen molar-refractivity contribution in [2.75, 3.05) is 13.1 Å². The Morgan fingerprint density at radius 2 is 1.83 bits per heavy atom. The van der Waals surface area contributed by atoms with Gasteiger partial charge in [0.05, 0.1) is 0 Å². The first-order valence-corrected chi connectivity index (χ1v) is 8.25. The van der Waals surface area contributed by atoms with Crippen molar-refractivity contribution < 1.29 is 0 Å². The van der Waals surface area contributed by atoms with Crippen LogP contribution in [0.15, 0.2) is 0 Å². The average Bonchev–Trinajstić information content (AvgIpc) is 2.82. The van der Waals surface area contributed by atoms with Gasteiger partial charge in [-0.25, -0.2) is 0 Å². The zero-order chi connectivity index (χ0) is 12.5. The monoisotopic (exact) mass is 250 g/mol. The Morgan fingerprint density at radius 3 is 2.67 bits per heavy atom. The van der Waals surface area contributed by atoms with E-state index in [9.17, 15) is 0 Å². The lowest BCUT2D eigenvalue weighted by molar-refractivity contribution is 0.0555. The van der Waals surface area contributed by atoms with Gasteiger partial charge in [0.15, 0.2) is 0 Å². The van der Waals surface area contributed by atoms with Crippen molar-refractivity contribution in [3.05, 3.63) is 0 Å². The first kappa shape index (κ1) is 12.9. The fourth-order valence-corrected chi connectivity index (χ4v) is 4.95. The van der Waals surface area contributed by atoms with Gasteiger partial charge in [-0.2, -0.15) is 0 Å². The fraction of sp³-hybridized carbons (Fsp3) is 1.00. The SMILES string of the molecule is CC1CCC(CN)C(N2CCC3CCCCC32)C1. The van der Waals surface area contributed by atoms with E-state index in [-0.39, 0.29) is 0 Å². The largest absolute Gasteiger partial charge is 0.330 e. The number of likely N-dealkylation sites (tertiary alicyclic amines) is 1. The molecule has 2 saturated carbocycles. The van der Waals surface area contributed by atoms with Gasteiger partial charge >= 0.3 is 0 Å². The van der Waals surface area contributed by atoms with Crippen LogP contribution in [0.3, 0.4) is 0 Å². The molecule has 0 spiro atoms. The standard InChI is InChI=1S/C16H30N2/c1-12-6-7-14(11-17)16(10-12)18-9-8-13-4-2-3-5-15(13)18/h12-16H,2-11,17H2,1H3. The van der Waals surface area contributed by atoms with Gasteiger partial charge in [0, 0.05) is 12.1 Å². The molecule has 0 aromatic heterocycles. The summed E-state index contributed by atoms with van der Waals surface area (Å²) in [6, 6.07) is 1.73. The van der Waals surface area contributed by atoms with Gasteiger partial charge in [-0.1, -0.05) is 26.2 Å². The number of nitrogens with zero attached hydrogens (tertiary/aromatic N) is 1. The van der Waals surface area contributed by atoms with Crippen LogP contribution in [0.5, 0.6) is 0 Å². The van der Waals surface area contributed by atoms with Gasteiger partial charge in [-0.15, -0.1) is 0 Å². The lowest BCUT2D eigenvalue weighted by atomic mass is 9.77. The van der Waals surface area contributed by atoms with Gasteiger partial charge in [-0.3, -0.25) is 4.90 Å². The summed E-state index contributed by atoms with van der Waals surface area (Å²) in [7, 11) is 0. The highest BCUT2D eigenvalue weighted by atomic mass is 15.2. The molecule has 18 heavy (non-hydrogen) atoms. The maximum Gasteiger partial charge on any atom is 0.0141 e. The molecule has 104 valence electrons. The smallest absolute Gasteiger partial charge is 0.0141 e. The molecule has 3 rings (SSSR count). The minimum atomic E-state index is 0.780. The van der Waals surface area contributed by atoms with Crippen molar-refractivity contribution in [2.24, 2.45) is 23.5 Å². The molecule has 3 fully saturated rings. The van der Waals surface area contributed by atoms with Crippen molar-refractivity contribution in [1.29, 1.82) is 0 Å². The second kappa shape index (κ2) is 5.50. The maximum atomic E-state index is 6.05. The maximum absolute atomic E-state index is 6.05. The van der Waals surface area contributed by atoms with Crippen LogP contribution in [0.25, 0.3) is 0 Å². The molecule has 2 aliphatic carbocycles. The van der Waals surface area contributed by atoms with Crippen LogP contribution in [-0.4, -0.2) is 30.1 Å². The third-order valence-corrected chi connectivity index (χ3v) is 6.00. The van der Waals surface area contributed by atoms with E-state index >= 15 is 0 Å². The molecule has 0 radical (unpaired) electrons. The Morgan fingerprint density at radius 1 is 1.00 bits per heavy atom. The van der Waals surface area contributed by atoms with Crippen LogP contribution < -0.4 is 5.73 Å². The van der Waals surface area contributed by atoms with Crippen LogP contribution in [0, 0.1) is 17.8 Å². The van der Waals surface area contributed by atoms with E-state index in [0.29, 0.717) is 0 Å². The topological polar surface area (TPSA) is 29.3 Å². The Hall–Kier alpha value is -0.0800. The predicted molar refractivity (Wildman–Crippen MR) is 76.4 cm³/mol. The molecule has 3 aliphatic rings. The molecule has 1 saturated heterocycles. The molecule has 5 unspecified atom stereocenters. The van der Waals surface area contributed by atoms with Crippen molar-refractivity contribution in [3.8, 4) is 0 Å². The van der Waals surface area contributed by atoms with Gasteiger partial charge in [0.2, 0.25) is 0 Å². The molecule has 0 aromatic carbocycles. The second-order valence-corrected chi connectivity index (χ2v) is 7.12. The Bertz CT molecular complexity index is 278. The number of fused-ring (bicyclic) bond motifs is 1. The van der Waals surface area contributed by atoms with Crippen LogP contribution in [-0.2, 0) is 0 Å². The first-order chi connectivity index (χ1) is 8.79. The lowest BCUT2D eigenvalue weighted by Crippen LogP contribution is -2.50. The molecular formula is C16H30N2. The number of hydrogen-bond donors (Lipinski definition) is 1. The molecule has 1 aliphatic heterocycles. The van der Waals surface area contributed by atoms with E-state index in [2.05, 4.69) is 11.8 Å². The van der Waals surface area contributed by atoms with E-state index in [4.69, 9.17) is 5.73 Å². The van der Waals surface area contributed by atoms with Crippen molar-refractivity contribution in [3.63, 3.8) is 0 Å². The summed E-state index contributed by atoms with van der Waals surface area (Å²) in [6.45, 7) is 4.71. The van der Waals surface area contributed by atoms with Gasteiger partial charge < -0.3 is 5.73 Å². The van der Waals surface area contributed by atoms with Gasteiger partial charge in [0.25, 0.3) is 0 Å². The summed E-state index contributed by atoms with van der Waals surface area (Å²) in [6.07, 6.45) is 11.6. The molecule has 0 bridgehead atoms. The summed E-state index contributed by atoms with van der Waals surface area (Å²) in [5.41, 5.74) is 6.05. The first-order valence-electron chi connectivity index (χ1n) is 8.25. The zero-order valence-electron chi connectivity index (χ0n) is 12.0. The highest BCUT2D eigenvalue weighted by molar-refractivity contribution is 4.96. The number of nitrogens with two attached hydrogens (primary N) is 1. The van der Waals surface area contributed by atoms with Crippen molar-refractivity contribution in [2.45, 2.75) is 70.4 Å². The zero-order valence-corrected chi connectivity index (χ0v) is 12.0. The summed E-state index contributed by atoms with van der Waals surface area (Å²) < 4.78 is 0. The lowest BCUT2D eigenvalue weighted by Gasteiger charge is -2.44. The van der Waals surface area contributed by atoms with Crippen molar-refractivity contribution >= 4 is 0 Å².